The number of carbonyl (C=O) groups excluding carboxylic acids is 1. The highest BCUT2D eigenvalue weighted by molar-refractivity contribution is 6.02. The standard InChI is InChI=1S/C21H18N4O2/c1-14-5-7-17(12-15(14)2)25-23-19-9-6-16(13-20(19)24-25)22-21(26)10-8-18-4-3-11-27-18/h3-13H,1-2H3,(H,22,26)/b10-8+. The van der Waals surface area contributed by atoms with Gasteiger partial charge in [0.05, 0.1) is 12.0 Å². The molecular formula is C21H18N4O2. The second-order valence-electron chi connectivity index (χ2n) is 6.30. The van der Waals surface area contributed by atoms with Gasteiger partial charge in [-0.2, -0.15) is 4.80 Å². The van der Waals surface area contributed by atoms with Gasteiger partial charge < -0.3 is 9.73 Å². The summed E-state index contributed by atoms with van der Waals surface area (Å²) in [6.45, 7) is 4.13. The SMILES string of the molecule is Cc1ccc(-n2nc3ccc(NC(=O)/C=C/c4ccco4)cc3n2)cc1C. The number of fused-ring (bicyclic) bond motifs is 1. The molecule has 2 aromatic heterocycles. The average molecular weight is 358 g/mol. The average Bonchev–Trinajstić information content (AvgIpc) is 3.31. The molecule has 0 atom stereocenters. The molecule has 0 aliphatic rings. The molecule has 4 rings (SSSR count). The molecular weight excluding hydrogens is 340 g/mol. The van der Waals surface area contributed by atoms with Crippen molar-refractivity contribution in [1.82, 2.24) is 15.0 Å². The van der Waals surface area contributed by atoms with Crippen molar-refractivity contribution in [2.75, 3.05) is 5.32 Å². The summed E-state index contributed by atoms with van der Waals surface area (Å²) in [5.74, 6) is 0.379. The molecule has 0 spiro atoms. The van der Waals surface area contributed by atoms with Crippen LogP contribution in [-0.4, -0.2) is 20.9 Å². The van der Waals surface area contributed by atoms with Crippen LogP contribution in [0.25, 0.3) is 22.8 Å². The maximum Gasteiger partial charge on any atom is 0.248 e. The highest BCUT2D eigenvalue weighted by Gasteiger charge is 2.07. The minimum Gasteiger partial charge on any atom is -0.465 e. The number of anilines is 1. The fraction of sp³-hybridized carbons (Fsp3) is 0.0952. The third-order valence-electron chi connectivity index (χ3n) is 4.31. The highest BCUT2D eigenvalue weighted by atomic mass is 16.3. The summed E-state index contributed by atoms with van der Waals surface area (Å²) in [6, 6.07) is 15.1. The molecule has 6 heteroatoms. The summed E-state index contributed by atoms with van der Waals surface area (Å²) >= 11 is 0. The van der Waals surface area contributed by atoms with Crippen molar-refractivity contribution in [3.05, 3.63) is 77.8 Å². The molecule has 0 aliphatic heterocycles. The van der Waals surface area contributed by atoms with Crippen molar-refractivity contribution in [1.29, 1.82) is 0 Å². The Labute approximate surface area is 156 Å². The number of hydrogen-bond acceptors (Lipinski definition) is 4. The van der Waals surface area contributed by atoms with Gasteiger partial charge in [0.2, 0.25) is 5.91 Å². The van der Waals surface area contributed by atoms with Gasteiger partial charge in [0.1, 0.15) is 16.8 Å². The van der Waals surface area contributed by atoms with E-state index in [1.807, 2.05) is 12.1 Å². The number of hydrogen-bond donors (Lipinski definition) is 1. The third kappa shape index (κ3) is 3.64. The van der Waals surface area contributed by atoms with E-state index in [0.717, 1.165) is 11.2 Å². The minimum atomic E-state index is -0.243. The lowest BCUT2D eigenvalue weighted by molar-refractivity contribution is -0.111. The van der Waals surface area contributed by atoms with Crippen LogP contribution in [0.5, 0.6) is 0 Å². The fourth-order valence-electron chi connectivity index (χ4n) is 2.69. The zero-order valence-electron chi connectivity index (χ0n) is 15.0. The quantitative estimate of drug-likeness (QED) is 0.553. The second-order valence-corrected chi connectivity index (χ2v) is 6.30. The van der Waals surface area contributed by atoms with Crippen LogP contribution in [0.4, 0.5) is 5.69 Å². The van der Waals surface area contributed by atoms with E-state index in [1.165, 1.54) is 17.2 Å². The van der Waals surface area contributed by atoms with Crippen molar-refractivity contribution < 1.29 is 9.21 Å². The Kier molecular flexibility index (Phi) is 4.30. The van der Waals surface area contributed by atoms with E-state index in [4.69, 9.17) is 4.42 Å². The summed E-state index contributed by atoms with van der Waals surface area (Å²) in [5, 5.41) is 11.9. The summed E-state index contributed by atoms with van der Waals surface area (Å²) in [5.41, 5.74) is 5.44. The van der Waals surface area contributed by atoms with Crippen LogP contribution in [0.2, 0.25) is 0 Å². The lowest BCUT2D eigenvalue weighted by atomic mass is 10.1. The van der Waals surface area contributed by atoms with Gasteiger partial charge in [0, 0.05) is 11.8 Å². The molecule has 0 bridgehead atoms. The molecule has 1 amide bonds. The van der Waals surface area contributed by atoms with Crippen LogP contribution in [0.15, 0.2) is 65.3 Å². The zero-order valence-corrected chi connectivity index (χ0v) is 15.0. The Morgan fingerprint density at radius 2 is 1.89 bits per heavy atom. The smallest absolute Gasteiger partial charge is 0.248 e. The van der Waals surface area contributed by atoms with Crippen molar-refractivity contribution >= 4 is 28.7 Å². The molecule has 4 aromatic rings. The van der Waals surface area contributed by atoms with Crippen LogP contribution >= 0.6 is 0 Å². The molecule has 0 radical (unpaired) electrons. The topological polar surface area (TPSA) is 73.0 Å². The predicted molar refractivity (Wildman–Crippen MR) is 105 cm³/mol. The second kappa shape index (κ2) is 6.92. The molecule has 134 valence electrons. The fourth-order valence-corrected chi connectivity index (χ4v) is 2.69. The third-order valence-corrected chi connectivity index (χ3v) is 4.31. The number of benzene rings is 2. The highest BCUT2D eigenvalue weighted by Crippen LogP contribution is 2.19. The van der Waals surface area contributed by atoms with Gasteiger partial charge in [0.15, 0.2) is 0 Å². The van der Waals surface area contributed by atoms with Gasteiger partial charge >= 0.3 is 0 Å². The van der Waals surface area contributed by atoms with Crippen molar-refractivity contribution in [3.63, 3.8) is 0 Å². The number of carbonyl (C=O) groups is 1. The molecule has 0 fully saturated rings. The molecule has 27 heavy (non-hydrogen) atoms. The molecule has 0 saturated heterocycles. The number of amides is 1. The molecule has 0 aliphatic carbocycles. The maximum absolute atomic E-state index is 12.1. The van der Waals surface area contributed by atoms with Gasteiger partial charge in [0.25, 0.3) is 0 Å². The molecule has 0 unspecified atom stereocenters. The number of aryl methyl sites for hydroxylation is 2. The summed E-state index contributed by atoms with van der Waals surface area (Å²) in [6.07, 6.45) is 4.60. The first-order chi connectivity index (χ1) is 13.1. The summed E-state index contributed by atoms with van der Waals surface area (Å²) < 4.78 is 5.16. The zero-order chi connectivity index (χ0) is 18.8. The molecule has 2 aromatic carbocycles. The van der Waals surface area contributed by atoms with E-state index in [-0.39, 0.29) is 5.91 Å². The van der Waals surface area contributed by atoms with E-state index in [0.29, 0.717) is 17.0 Å². The minimum absolute atomic E-state index is 0.243. The van der Waals surface area contributed by atoms with Gasteiger partial charge in [-0.15, -0.1) is 10.2 Å². The predicted octanol–water partition coefficient (Wildman–Crippen LogP) is 4.28. The number of nitrogens with zero attached hydrogens (tertiary/aromatic N) is 3. The normalized spacial score (nSPS) is 11.3. The summed E-state index contributed by atoms with van der Waals surface area (Å²) in [4.78, 5) is 13.7. The van der Waals surface area contributed by atoms with Crippen molar-refractivity contribution in [2.45, 2.75) is 13.8 Å². The van der Waals surface area contributed by atoms with Gasteiger partial charge in [-0.25, -0.2) is 0 Å². The lowest BCUT2D eigenvalue weighted by Gasteiger charge is -2.03. The number of rotatable bonds is 4. The van der Waals surface area contributed by atoms with Gasteiger partial charge in [-0.3, -0.25) is 4.79 Å². The van der Waals surface area contributed by atoms with E-state index in [9.17, 15) is 4.79 Å². The first-order valence-corrected chi connectivity index (χ1v) is 8.56. The molecule has 0 saturated carbocycles. The first-order valence-electron chi connectivity index (χ1n) is 8.56. The Bertz CT molecular complexity index is 1140. The van der Waals surface area contributed by atoms with Gasteiger partial charge in [-0.05, 0) is 73.5 Å². The Morgan fingerprint density at radius 3 is 2.67 bits per heavy atom. The van der Waals surface area contributed by atoms with Crippen LogP contribution < -0.4 is 5.32 Å². The Balaban J connectivity index is 1.55. The van der Waals surface area contributed by atoms with E-state index in [2.05, 4.69) is 41.5 Å². The van der Waals surface area contributed by atoms with Crippen LogP contribution in [0, 0.1) is 13.8 Å². The van der Waals surface area contributed by atoms with Gasteiger partial charge in [-0.1, -0.05) is 6.07 Å². The van der Waals surface area contributed by atoms with Crippen molar-refractivity contribution in [3.8, 4) is 5.69 Å². The van der Waals surface area contributed by atoms with E-state index >= 15 is 0 Å². The number of aromatic nitrogens is 3. The van der Waals surface area contributed by atoms with Crippen LogP contribution in [-0.2, 0) is 4.79 Å². The molecule has 1 N–H and O–H groups in total. The lowest BCUT2D eigenvalue weighted by Crippen LogP contribution is -2.07. The molecule has 2 heterocycles. The largest absolute Gasteiger partial charge is 0.465 e. The van der Waals surface area contributed by atoms with E-state index in [1.54, 1.807) is 41.4 Å². The van der Waals surface area contributed by atoms with Crippen molar-refractivity contribution in [2.24, 2.45) is 0 Å². The first kappa shape index (κ1) is 16.8. The summed E-state index contributed by atoms with van der Waals surface area (Å²) in [7, 11) is 0. The molecule has 6 nitrogen and oxygen atoms in total. The van der Waals surface area contributed by atoms with E-state index < -0.39 is 0 Å². The number of furan rings is 1. The monoisotopic (exact) mass is 358 g/mol. The Hall–Kier alpha value is -3.67. The maximum atomic E-state index is 12.1. The number of nitrogens with one attached hydrogen (secondary N) is 1. The van der Waals surface area contributed by atoms with Crippen LogP contribution in [0.1, 0.15) is 16.9 Å². The Morgan fingerprint density at radius 1 is 1.04 bits per heavy atom. The van der Waals surface area contributed by atoms with Crippen LogP contribution in [0.3, 0.4) is 0 Å².